The molecular formula is C14H19NO3. The first kappa shape index (κ1) is 12.9. The average Bonchev–Trinajstić information content (AvgIpc) is 2.81. The van der Waals surface area contributed by atoms with Crippen LogP contribution in [0.4, 0.5) is 0 Å². The molecule has 0 aliphatic carbocycles. The SMILES string of the molecule is COC(=O)[C@@H]1C[C@H](Oc2cc(C)ccc2C)CN1. The maximum Gasteiger partial charge on any atom is 0.323 e. The van der Waals surface area contributed by atoms with E-state index >= 15 is 0 Å². The van der Waals surface area contributed by atoms with Crippen molar-refractivity contribution in [3.63, 3.8) is 0 Å². The highest BCUT2D eigenvalue weighted by molar-refractivity contribution is 5.76. The number of hydrogen-bond acceptors (Lipinski definition) is 4. The highest BCUT2D eigenvalue weighted by Crippen LogP contribution is 2.23. The van der Waals surface area contributed by atoms with Crippen LogP contribution in [0.2, 0.25) is 0 Å². The monoisotopic (exact) mass is 249 g/mol. The molecule has 1 saturated heterocycles. The molecule has 0 amide bonds. The van der Waals surface area contributed by atoms with Crippen molar-refractivity contribution < 1.29 is 14.3 Å². The first-order valence-electron chi connectivity index (χ1n) is 6.15. The van der Waals surface area contributed by atoms with Crippen LogP contribution < -0.4 is 10.1 Å². The van der Waals surface area contributed by atoms with Crippen LogP contribution >= 0.6 is 0 Å². The highest BCUT2D eigenvalue weighted by atomic mass is 16.5. The fourth-order valence-corrected chi connectivity index (χ4v) is 2.13. The molecule has 1 aromatic carbocycles. The number of benzene rings is 1. The Morgan fingerprint density at radius 1 is 1.39 bits per heavy atom. The number of aryl methyl sites for hydroxylation is 2. The second-order valence-electron chi connectivity index (χ2n) is 4.73. The summed E-state index contributed by atoms with van der Waals surface area (Å²) < 4.78 is 10.7. The van der Waals surface area contributed by atoms with Crippen LogP contribution in [0.1, 0.15) is 17.5 Å². The molecule has 2 rings (SSSR count). The van der Waals surface area contributed by atoms with Crippen molar-refractivity contribution in [2.75, 3.05) is 13.7 Å². The molecule has 0 aromatic heterocycles. The molecule has 1 heterocycles. The quantitative estimate of drug-likeness (QED) is 0.826. The van der Waals surface area contributed by atoms with Gasteiger partial charge in [0, 0.05) is 13.0 Å². The van der Waals surface area contributed by atoms with E-state index in [9.17, 15) is 4.79 Å². The van der Waals surface area contributed by atoms with Crippen molar-refractivity contribution in [2.24, 2.45) is 0 Å². The molecule has 4 nitrogen and oxygen atoms in total. The highest BCUT2D eigenvalue weighted by Gasteiger charge is 2.31. The van der Waals surface area contributed by atoms with E-state index in [1.165, 1.54) is 12.7 Å². The van der Waals surface area contributed by atoms with Gasteiger partial charge < -0.3 is 14.8 Å². The summed E-state index contributed by atoms with van der Waals surface area (Å²) in [6.07, 6.45) is 0.676. The first-order valence-corrected chi connectivity index (χ1v) is 6.15. The molecule has 1 fully saturated rings. The molecule has 0 radical (unpaired) electrons. The van der Waals surface area contributed by atoms with Gasteiger partial charge in [-0.2, -0.15) is 0 Å². The average molecular weight is 249 g/mol. The summed E-state index contributed by atoms with van der Waals surface area (Å²) in [5.74, 6) is 0.675. The van der Waals surface area contributed by atoms with Crippen molar-refractivity contribution in [1.82, 2.24) is 5.32 Å². The zero-order chi connectivity index (χ0) is 13.1. The molecule has 0 spiro atoms. The minimum Gasteiger partial charge on any atom is -0.489 e. The van der Waals surface area contributed by atoms with E-state index in [0.717, 1.165) is 11.3 Å². The molecule has 1 N–H and O–H groups in total. The van der Waals surface area contributed by atoms with Crippen molar-refractivity contribution >= 4 is 5.97 Å². The lowest BCUT2D eigenvalue weighted by Crippen LogP contribution is -2.31. The molecule has 1 aliphatic rings. The molecule has 1 aliphatic heterocycles. The molecule has 0 saturated carbocycles. The fraction of sp³-hybridized carbons (Fsp3) is 0.500. The van der Waals surface area contributed by atoms with Gasteiger partial charge in [0.2, 0.25) is 0 Å². The summed E-state index contributed by atoms with van der Waals surface area (Å²) >= 11 is 0. The lowest BCUT2D eigenvalue weighted by atomic mass is 10.1. The molecule has 2 atom stereocenters. The Bertz CT molecular complexity index is 445. The third-order valence-corrected chi connectivity index (χ3v) is 3.21. The maximum atomic E-state index is 11.4. The number of methoxy groups -OCH3 is 1. The number of carbonyl (C=O) groups excluding carboxylic acids is 1. The van der Waals surface area contributed by atoms with Crippen molar-refractivity contribution in [2.45, 2.75) is 32.4 Å². The third-order valence-electron chi connectivity index (χ3n) is 3.21. The van der Waals surface area contributed by atoms with E-state index in [1.807, 2.05) is 26.0 Å². The molecule has 98 valence electrons. The van der Waals surface area contributed by atoms with Crippen LogP contribution in [0.5, 0.6) is 5.75 Å². The van der Waals surface area contributed by atoms with E-state index in [-0.39, 0.29) is 18.1 Å². The lowest BCUT2D eigenvalue weighted by molar-refractivity contribution is -0.142. The number of carbonyl (C=O) groups is 1. The topological polar surface area (TPSA) is 47.6 Å². The maximum absolute atomic E-state index is 11.4. The molecular weight excluding hydrogens is 230 g/mol. The minimum atomic E-state index is -0.245. The number of esters is 1. The van der Waals surface area contributed by atoms with Crippen LogP contribution in [0.25, 0.3) is 0 Å². The third kappa shape index (κ3) is 2.82. The van der Waals surface area contributed by atoms with Gasteiger partial charge in [0.1, 0.15) is 17.9 Å². The zero-order valence-electron chi connectivity index (χ0n) is 11.0. The molecule has 1 aromatic rings. The largest absolute Gasteiger partial charge is 0.489 e. The Labute approximate surface area is 107 Å². The van der Waals surface area contributed by atoms with Crippen LogP contribution in [0.15, 0.2) is 18.2 Å². The minimum absolute atomic E-state index is 0.0228. The summed E-state index contributed by atoms with van der Waals surface area (Å²) in [6, 6.07) is 5.89. The molecule has 18 heavy (non-hydrogen) atoms. The van der Waals surface area contributed by atoms with Crippen LogP contribution in [0.3, 0.4) is 0 Å². The first-order chi connectivity index (χ1) is 8.60. The van der Waals surface area contributed by atoms with Crippen molar-refractivity contribution in [1.29, 1.82) is 0 Å². The Balaban J connectivity index is 1.99. The molecule has 0 unspecified atom stereocenters. The van der Waals surface area contributed by atoms with E-state index in [4.69, 9.17) is 9.47 Å². The summed E-state index contributed by atoms with van der Waals surface area (Å²) in [7, 11) is 1.41. The normalized spacial score (nSPS) is 22.8. The number of hydrogen-bond donors (Lipinski definition) is 1. The van der Waals surface area contributed by atoms with Gasteiger partial charge in [0.25, 0.3) is 0 Å². The number of nitrogens with one attached hydrogen (secondary N) is 1. The van der Waals surface area contributed by atoms with Gasteiger partial charge in [-0.1, -0.05) is 12.1 Å². The van der Waals surface area contributed by atoms with E-state index in [0.29, 0.717) is 13.0 Å². The van der Waals surface area contributed by atoms with Gasteiger partial charge in [0.05, 0.1) is 7.11 Å². The molecule has 0 bridgehead atoms. The van der Waals surface area contributed by atoms with Crippen LogP contribution in [0, 0.1) is 13.8 Å². The summed E-state index contributed by atoms with van der Waals surface area (Å²) in [6.45, 7) is 4.73. The van der Waals surface area contributed by atoms with E-state index in [2.05, 4.69) is 11.4 Å². The second kappa shape index (κ2) is 5.40. The fourth-order valence-electron chi connectivity index (χ4n) is 2.13. The van der Waals surface area contributed by atoms with Crippen LogP contribution in [-0.4, -0.2) is 31.8 Å². The zero-order valence-corrected chi connectivity index (χ0v) is 11.0. The Morgan fingerprint density at radius 2 is 2.17 bits per heavy atom. The Morgan fingerprint density at radius 3 is 2.89 bits per heavy atom. The Hall–Kier alpha value is -1.55. The summed E-state index contributed by atoms with van der Waals surface area (Å²) in [5, 5.41) is 3.11. The van der Waals surface area contributed by atoms with Crippen molar-refractivity contribution in [3.05, 3.63) is 29.3 Å². The smallest absolute Gasteiger partial charge is 0.323 e. The van der Waals surface area contributed by atoms with Crippen LogP contribution in [-0.2, 0) is 9.53 Å². The van der Waals surface area contributed by atoms with Gasteiger partial charge in [0.15, 0.2) is 0 Å². The van der Waals surface area contributed by atoms with E-state index < -0.39 is 0 Å². The lowest BCUT2D eigenvalue weighted by Gasteiger charge is -2.15. The van der Waals surface area contributed by atoms with Gasteiger partial charge in [-0.15, -0.1) is 0 Å². The number of ether oxygens (including phenoxy) is 2. The molecule has 4 heteroatoms. The van der Waals surface area contributed by atoms with Gasteiger partial charge in [-0.3, -0.25) is 4.79 Å². The Kier molecular flexibility index (Phi) is 3.87. The standard InChI is InChI=1S/C14H19NO3/c1-9-4-5-10(2)13(6-9)18-11-7-12(15-8-11)14(16)17-3/h4-6,11-12,15H,7-8H2,1-3H3/t11-,12-/m0/s1. The van der Waals surface area contributed by atoms with Gasteiger partial charge in [-0.05, 0) is 31.0 Å². The number of rotatable bonds is 3. The van der Waals surface area contributed by atoms with Gasteiger partial charge >= 0.3 is 5.97 Å². The van der Waals surface area contributed by atoms with E-state index in [1.54, 1.807) is 0 Å². The van der Waals surface area contributed by atoms with Crippen molar-refractivity contribution in [3.8, 4) is 5.75 Å². The predicted molar refractivity (Wildman–Crippen MR) is 68.8 cm³/mol. The predicted octanol–water partition coefficient (Wildman–Crippen LogP) is 1.59. The second-order valence-corrected chi connectivity index (χ2v) is 4.73. The van der Waals surface area contributed by atoms with Gasteiger partial charge in [-0.25, -0.2) is 0 Å². The summed E-state index contributed by atoms with van der Waals surface area (Å²) in [4.78, 5) is 11.4. The summed E-state index contributed by atoms with van der Waals surface area (Å²) in [5.41, 5.74) is 2.29.